The molecule has 1 aliphatic rings. The second-order valence-electron chi connectivity index (χ2n) is 5.32. The summed E-state index contributed by atoms with van der Waals surface area (Å²) in [6, 6.07) is 9.53. The first-order valence-electron chi connectivity index (χ1n) is 7.16. The van der Waals surface area contributed by atoms with Gasteiger partial charge in [0.05, 0.1) is 10.6 Å². The van der Waals surface area contributed by atoms with E-state index in [1.807, 2.05) is 38.2 Å². The normalized spacial score (nSPS) is 12.3. The van der Waals surface area contributed by atoms with Gasteiger partial charge in [0.2, 0.25) is 0 Å². The van der Waals surface area contributed by atoms with Crippen LogP contribution in [0.4, 0.5) is 5.13 Å². The molecule has 0 saturated heterocycles. The van der Waals surface area contributed by atoms with Gasteiger partial charge < -0.3 is 4.74 Å². The number of para-hydroxylation sites is 1. The second kappa shape index (κ2) is 5.20. The van der Waals surface area contributed by atoms with E-state index in [0.29, 0.717) is 17.4 Å². The first kappa shape index (κ1) is 14.0. The van der Waals surface area contributed by atoms with Gasteiger partial charge in [-0.3, -0.25) is 14.8 Å². The van der Waals surface area contributed by atoms with Gasteiger partial charge in [0.15, 0.2) is 10.8 Å². The van der Waals surface area contributed by atoms with E-state index in [-0.39, 0.29) is 5.91 Å². The van der Waals surface area contributed by atoms with Crippen LogP contribution < -0.4 is 10.1 Å². The molecule has 23 heavy (non-hydrogen) atoms. The number of anilines is 1. The molecule has 0 unspecified atom stereocenters. The zero-order valence-corrected chi connectivity index (χ0v) is 13.5. The summed E-state index contributed by atoms with van der Waals surface area (Å²) in [5.41, 5.74) is 3.15. The highest BCUT2D eigenvalue weighted by Gasteiger charge is 2.23. The van der Waals surface area contributed by atoms with Gasteiger partial charge in [-0.1, -0.05) is 23.5 Å². The summed E-state index contributed by atoms with van der Waals surface area (Å²) in [4.78, 5) is 17.9. The summed E-state index contributed by atoms with van der Waals surface area (Å²) in [7, 11) is 1.81. The predicted octanol–water partition coefficient (Wildman–Crippen LogP) is 3.00. The summed E-state index contributed by atoms with van der Waals surface area (Å²) >= 11 is 1.43. The number of nitrogens with one attached hydrogen (secondary N) is 1. The van der Waals surface area contributed by atoms with Crippen molar-refractivity contribution in [3.63, 3.8) is 0 Å². The van der Waals surface area contributed by atoms with Gasteiger partial charge in [-0.05, 0) is 25.1 Å². The van der Waals surface area contributed by atoms with E-state index < -0.39 is 0 Å². The Morgan fingerprint density at radius 3 is 3.00 bits per heavy atom. The molecular weight excluding hydrogens is 312 g/mol. The van der Waals surface area contributed by atoms with Crippen LogP contribution in [0.2, 0.25) is 0 Å². The minimum Gasteiger partial charge on any atom is -0.487 e. The molecular formula is C16H14N4O2S. The van der Waals surface area contributed by atoms with Crippen molar-refractivity contribution >= 4 is 22.4 Å². The Morgan fingerprint density at radius 1 is 1.39 bits per heavy atom. The van der Waals surface area contributed by atoms with Gasteiger partial charge in [0.25, 0.3) is 5.91 Å². The van der Waals surface area contributed by atoms with Gasteiger partial charge in [-0.2, -0.15) is 5.10 Å². The van der Waals surface area contributed by atoms with Crippen LogP contribution in [0.3, 0.4) is 0 Å². The lowest BCUT2D eigenvalue weighted by atomic mass is 10.1. The van der Waals surface area contributed by atoms with Crippen LogP contribution in [0.1, 0.15) is 21.1 Å². The molecule has 0 bridgehead atoms. The Hall–Kier alpha value is -2.67. The third kappa shape index (κ3) is 2.39. The fraction of sp³-hybridized carbons (Fsp3) is 0.188. The molecule has 1 aromatic carbocycles. The lowest BCUT2D eigenvalue weighted by molar-refractivity contribution is 0.102. The number of aromatic nitrogens is 3. The third-order valence-corrected chi connectivity index (χ3v) is 4.71. The molecule has 1 N–H and O–H groups in total. The highest BCUT2D eigenvalue weighted by Crippen LogP contribution is 2.40. The molecule has 0 aliphatic carbocycles. The highest BCUT2D eigenvalue weighted by atomic mass is 32.1. The minimum atomic E-state index is -0.256. The SMILES string of the molecule is Cc1cc(C(=O)Nc2nc3c(s2)COc2ccccc2-3)nn1C. The van der Waals surface area contributed by atoms with Crippen molar-refractivity contribution in [3.8, 4) is 17.0 Å². The van der Waals surface area contributed by atoms with Crippen molar-refractivity contribution in [2.24, 2.45) is 7.05 Å². The first-order chi connectivity index (χ1) is 11.1. The van der Waals surface area contributed by atoms with E-state index in [4.69, 9.17) is 4.74 Å². The van der Waals surface area contributed by atoms with Gasteiger partial charge in [-0.15, -0.1) is 0 Å². The zero-order valence-electron chi connectivity index (χ0n) is 12.7. The fourth-order valence-electron chi connectivity index (χ4n) is 2.48. The molecule has 116 valence electrons. The second-order valence-corrected chi connectivity index (χ2v) is 6.41. The van der Waals surface area contributed by atoms with E-state index in [0.717, 1.165) is 27.6 Å². The number of thiazole rings is 1. The molecule has 6 nitrogen and oxygen atoms in total. The number of fused-ring (bicyclic) bond motifs is 3. The number of hydrogen-bond acceptors (Lipinski definition) is 5. The smallest absolute Gasteiger partial charge is 0.277 e. The summed E-state index contributed by atoms with van der Waals surface area (Å²) in [5.74, 6) is 0.567. The largest absolute Gasteiger partial charge is 0.487 e. The molecule has 3 aromatic rings. The van der Waals surface area contributed by atoms with Gasteiger partial charge in [0.1, 0.15) is 12.4 Å². The van der Waals surface area contributed by atoms with Crippen molar-refractivity contribution in [2.75, 3.05) is 5.32 Å². The minimum absolute atomic E-state index is 0.256. The lowest BCUT2D eigenvalue weighted by Crippen LogP contribution is -2.12. The number of rotatable bonds is 2. The molecule has 0 spiro atoms. The average molecular weight is 326 g/mol. The number of carbonyl (C=O) groups is 1. The van der Waals surface area contributed by atoms with Crippen molar-refractivity contribution in [3.05, 3.63) is 46.6 Å². The third-order valence-electron chi connectivity index (χ3n) is 3.77. The Bertz CT molecular complexity index is 893. The van der Waals surface area contributed by atoms with Gasteiger partial charge >= 0.3 is 0 Å². The maximum Gasteiger partial charge on any atom is 0.277 e. The standard InChI is InChI=1S/C16H14N4O2S/c1-9-7-11(19-20(9)2)15(21)18-16-17-14-10-5-3-4-6-12(10)22-8-13(14)23-16/h3-7H,8H2,1-2H3,(H,17,18,21). The molecule has 2 aromatic heterocycles. The van der Waals surface area contributed by atoms with Crippen molar-refractivity contribution in [1.82, 2.24) is 14.8 Å². The Labute approximate surface area is 136 Å². The Kier molecular flexibility index (Phi) is 3.16. The fourth-order valence-corrected chi connectivity index (χ4v) is 3.36. The van der Waals surface area contributed by atoms with E-state index in [9.17, 15) is 4.79 Å². The number of carbonyl (C=O) groups excluding carboxylic acids is 1. The lowest BCUT2D eigenvalue weighted by Gasteiger charge is -2.15. The average Bonchev–Trinajstić information content (AvgIpc) is 3.11. The number of hydrogen-bond donors (Lipinski definition) is 1. The van der Waals surface area contributed by atoms with E-state index in [1.54, 1.807) is 10.7 Å². The van der Waals surface area contributed by atoms with Gasteiger partial charge in [0, 0.05) is 18.3 Å². The van der Waals surface area contributed by atoms with E-state index >= 15 is 0 Å². The Balaban J connectivity index is 1.63. The summed E-state index contributed by atoms with van der Waals surface area (Å²) in [6.45, 7) is 2.38. The Morgan fingerprint density at radius 2 is 2.22 bits per heavy atom. The van der Waals surface area contributed by atoms with E-state index in [2.05, 4.69) is 15.4 Å². The maximum absolute atomic E-state index is 12.3. The van der Waals surface area contributed by atoms with Crippen LogP contribution in [0.15, 0.2) is 30.3 Å². The molecule has 0 saturated carbocycles. The molecule has 1 amide bonds. The van der Waals surface area contributed by atoms with Crippen LogP contribution in [0.25, 0.3) is 11.3 Å². The van der Waals surface area contributed by atoms with Crippen LogP contribution >= 0.6 is 11.3 Å². The number of nitrogens with zero attached hydrogens (tertiary/aromatic N) is 3. The van der Waals surface area contributed by atoms with Gasteiger partial charge in [-0.25, -0.2) is 4.98 Å². The summed E-state index contributed by atoms with van der Waals surface area (Å²) in [6.07, 6.45) is 0. The molecule has 0 radical (unpaired) electrons. The quantitative estimate of drug-likeness (QED) is 0.786. The highest BCUT2D eigenvalue weighted by molar-refractivity contribution is 7.16. The molecule has 0 atom stereocenters. The van der Waals surface area contributed by atoms with Crippen LogP contribution in [0, 0.1) is 6.92 Å². The number of aryl methyl sites for hydroxylation is 2. The maximum atomic E-state index is 12.3. The summed E-state index contributed by atoms with van der Waals surface area (Å²) in [5, 5.41) is 7.56. The van der Waals surface area contributed by atoms with E-state index in [1.165, 1.54) is 11.3 Å². The molecule has 1 aliphatic heterocycles. The van der Waals surface area contributed by atoms with Crippen LogP contribution in [-0.4, -0.2) is 20.7 Å². The summed E-state index contributed by atoms with van der Waals surface area (Å²) < 4.78 is 7.39. The first-order valence-corrected chi connectivity index (χ1v) is 7.97. The van der Waals surface area contributed by atoms with Crippen LogP contribution in [0.5, 0.6) is 5.75 Å². The monoisotopic (exact) mass is 326 g/mol. The molecule has 7 heteroatoms. The number of benzene rings is 1. The molecule has 4 rings (SSSR count). The zero-order chi connectivity index (χ0) is 16.0. The van der Waals surface area contributed by atoms with Crippen molar-refractivity contribution in [1.29, 1.82) is 0 Å². The predicted molar refractivity (Wildman–Crippen MR) is 87.8 cm³/mol. The topological polar surface area (TPSA) is 69.0 Å². The molecule has 0 fully saturated rings. The number of ether oxygens (including phenoxy) is 1. The number of amides is 1. The molecule has 3 heterocycles. The van der Waals surface area contributed by atoms with Crippen molar-refractivity contribution in [2.45, 2.75) is 13.5 Å². The van der Waals surface area contributed by atoms with Crippen molar-refractivity contribution < 1.29 is 9.53 Å². The van der Waals surface area contributed by atoms with Crippen LogP contribution in [-0.2, 0) is 13.7 Å².